The highest BCUT2D eigenvalue weighted by molar-refractivity contribution is 5.79. The third-order valence-corrected chi connectivity index (χ3v) is 5.84. The summed E-state index contributed by atoms with van der Waals surface area (Å²) in [4.78, 5) is 27.5. The molecule has 1 saturated carbocycles. The maximum atomic E-state index is 12.6. The lowest BCUT2D eigenvalue weighted by atomic mass is 9.72. The fraction of sp³-hybridized carbons (Fsp3) is 0.600. The number of benzene rings is 1. The van der Waals surface area contributed by atoms with Gasteiger partial charge in [0.2, 0.25) is 5.91 Å². The second kappa shape index (κ2) is 8.18. The van der Waals surface area contributed by atoms with Crippen LogP contribution in [0.25, 0.3) is 0 Å². The molecular weight excluding hydrogens is 330 g/mol. The standard InChI is InChI=1S/C20H29N3O3/c1-22(15-19(25)26)17-8-12-23(13-9-17)14-18(24)21-20(10-5-11-20)16-6-3-2-4-7-16/h2-4,6-7,17H,5,8-15H2,1H3,(H,21,24)(H,25,26). The van der Waals surface area contributed by atoms with Gasteiger partial charge in [-0.05, 0) is 44.7 Å². The summed E-state index contributed by atoms with van der Waals surface area (Å²) in [6, 6.07) is 10.5. The molecule has 0 atom stereocenters. The van der Waals surface area contributed by atoms with Gasteiger partial charge >= 0.3 is 5.97 Å². The van der Waals surface area contributed by atoms with Crippen molar-refractivity contribution in [2.45, 2.75) is 43.7 Å². The molecule has 142 valence electrons. The van der Waals surface area contributed by atoms with Crippen molar-refractivity contribution >= 4 is 11.9 Å². The number of piperidine rings is 1. The van der Waals surface area contributed by atoms with Crippen molar-refractivity contribution in [1.29, 1.82) is 0 Å². The highest BCUT2D eigenvalue weighted by atomic mass is 16.4. The Morgan fingerprint density at radius 2 is 1.88 bits per heavy atom. The molecule has 0 unspecified atom stereocenters. The fourth-order valence-corrected chi connectivity index (χ4v) is 4.14. The van der Waals surface area contributed by atoms with Gasteiger partial charge in [-0.15, -0.1) is 0 Å². The van der Waals surface area contributed by atoms with Crippen molar-refractivity contribution in [2.75, 3.05) is 33.2 Å². The number of carboxylic acids is 1. The Bertz CT molecular complexity index is 622. The maximum absolute atomic E-state index is 12.6. The normalized spacial score (nSPS) is 20.5. The Hall–Kier alpha value is -1.92. The molecule has 0 spiro atoms. The molecule has 0 radical (unpaired) electrons. The molecule has 1 aliphatic heterocycles. The van der Waals surface area contributed by atoms with Gasteiger partial charge in [0, 0.05) is 19.1 Å². The summed E-state index contributed by atoms with van der Waals surface area (Å²) in [5.74, 6) is -0.702. The predicted molar refractivity (Wildman–Crippen MR) is 99.8 cm³/mol. The van der Waals surface area contributed by atoms with E-state index in [-0.39, 0.29) is 24.0 Å². The van der Waals surface area contributed by atoms with Crippen molar-refractivity contribution in [3.63, 3.8) is 0 Å². The van der Waals surface area contributed by atoms with Gasteiger partial charge in [0.25, 0.3) is 0 Å². The second-order valence-electron chi connectivity index (χ2n) is 7.67. The summed E-state index contributed by atoms with van der Waals surface area (Å²) < 4.78 is 0. The number of amides is 1. The minimum Gasteiger partial charge on any atom is -0.480 e. The van der Waals surface area contributed by atoms with Crippen LogP contribution in [-0.2, 0) is 15.1 Å². The van der Waals surface area contributed by atoms with Gasteiger partial charge in [0.05, 0.1) is 18.6 Å². The number of carbonyl (C=O) groups excluding carboxylic acids is 1. The first-order valence-electron chi connectivity index (χ1n) is 9.49. The molecule has 1 amide bonds. The zero-order valence-electron chi connectivity index (χ0n) is 15.5. The molecule has 3 rings (SSSR count). The zero-order chi connectivity index (χ0) is 18.6. The third-order valence-electron chi connectivity index (χ3n) is 5.84. The van der Waals surface area contributed by atoms with E-state index in [1.807, 2.05) is 30.1 Å². The monoisotopic (exact) mass is 359 g/mol. The molecule has 6 nitrogen and oxygen atoms in total. The van der Waals surface area contributed by atoms with E-state index in [1.54, 1.807) is 0 Å². The quantitative estimate of drug-likeness (QED) is 0.775. The van der Waals surface area contributed by atoms with Crippen LogP contribution >= 0.6 is 0 Å². The van der Waals surface area contributed by atoms with E-state index in [2.05, 4.69) is 22.3 Å². The largest absolute Gasteiger partial charge is 0.480 e. The number of carbonyl (C=O) groups is 2. The Balaban J connectivity index is 1.48. The number of nitrogens with zero attached hydrogens (tertiary/aromatic N) is 2. The van der Waals surface area contributed by atoms with Crippen LogP contribution in [0.5, 0.6) is 0 Å². The van der Waals surface area contributed by atoms with E-state index >= 15 is 0 Å². The molecule has 1 aliphatic carbocycles. The molecule has 1 heterocycles. The Morgan fingerprint density at radius 1 is 1.23 bits per heavy atom. The van der Waals surface area contributed by atoms with Crippen LogP contribution in [0.4, 0.5) is 0 Å². The summed E-state index contributed by atoms with van der Waals surface area (Å²) >= 11 is 0. The number of rotatable bonds is 7. The van der Waals surface area contributed by atoms with E-state index in [0.29, 0.717) is 6.54 Å². The van der Waals surface area contributed by atoms with Gasteiger partial charge in [-0.25, -0.2) is 0 Å². The van der Waals surface area contributed by atoms with Crippen LogP contribution in [-0.4, -0.2) is 66.1 Å². The van der Waals surface area contributed by atoms with Crippen LogP contribution in [0.2, 0.25) is 0 Å². The second-order valence-corrected chi connectivity index (χ2v) is 7.67. The van der Waals surface area contributed by atoms with Crippen molar-refractivity contribution < 1.29 is 14.7 Å². The van der Waals surface area contributed by atoms with Crippen LogP contribution in [0.15, 0.2) is 30.3 Å². The molecule has 1 aromatic rings. The van der Waals surface area contributed by atoms with Gasteiger partial charge < -0.3 is 10.4 Å². The number of nitrogens with one attached hydrogen (secondary N) is 1. The number of likely N-dealkylation sites (tertiary alicyclic amines) is 1. The summed E-state index contributed by atoms with van der Waals surface area (Å²) in [6.45, 7) is 2.16. The summed E-state index contributed by atoms with van der Waals surface area (Å²) in [5.41, 5.74) is 1.02. The molecule has 1 saturated heterocycles. The van der Waals surface area contributed by atoms with E-state index in [0.717, 1.165) is 45.2 Å². The van der Waals surface area contributed by atoms with Gasteiger partial charge in [0.1, 0.15) is 0 Å². The Morgan fingerprint density at radius 3 is 2.42 bits per heavy atom. The predicted octanol–water partition coefficient (Wildman–Crippen LogP) is 1.66. The highest BCUT2D eigenvalue weighted by Crippen LogP contribution is 2.41. The van der Waals surface area contributed by atoms with Crippen LogP contribution in [0.1, 0.15) is 37.7 Å². The first-order chi connectivity index (χ1) is 12.5. The summed E-state index contributed by atoms with van der Waals surface area (Å²) in [5, 5.41) is 12.2. The van der Waals surface area contributed by atoms with Gasteiger partial charge in [-0.1, -0.05) is 30.3 Å². The first-order valence-corrected chi connectivity index (χ1v) is 9.49. The average molecular weight is 359 g/mol. The Labute approximate surface area is 155 Å². The number of hydrogen-bond donors (Lipinski definition) is 2. The lowest BCUT2D eigenvalue weighted by Gasteiger charge is -2.44. The van der Waals surface area contributed by atoms with Gasteiger partial charge in [-0.2, -0.15) is 0 Å². The number of hydrogen-bond acceptors (Lipinski definition) is 4. The molecule has 6 heteroatoms. The molecule has 2 aliphatic rings. The number of carboxylic acid groups (broad SMARTS) is 1. The molecular formula is C20H29N3O3. The molecule has 0 bridgehead atoms. The minimum atomic E-state index is -0.791. The van der Waals surface area contributed by atoms with Gasteiger partial charge in [0.15, 0.2) is 0 Å². The van der Waals surface area contributed by atoms with E-state index in [9.17, 15) is 9.59 Å². The van der Waals surface area contributed by atoms with Crippen LogP contribution in [0, 0.1) is 0 Å². The topological polar surface area (TPSA) is 72.9 Å². The summed E-state index contributed by atoms with van der Waals surface area (Å²) in [6.07, 6.45) is 4.97. The molecule has 0 aromatic heterocycles. The molecule has 26 heavy (non-hydrogen) atoms. The minimum absolute atomic E-state index is 0.0742. The van der Waals surface area contributed by atoms with Crippen molar-refractivity contribution in [2.24, 2.45) is 0 Å². The highest BCUT2D eigenvalue weighted by Gasteiger charge is 2.40. The van der Waals surface area contributed by atoms with Crippen LogP contribution in [0.3, 0.4) is 0 Å². The summed E-state index contributed by atoms with van der Waals surface area (Å²) in [7, 11) is 1.86. The fourth-order valence-electron chi connectivity index (χ4n) is 4.14. The van der Waals surface area contributed by atoms with Crippen LogP contribution < -0.4 is 5.32 Å². The maximum Gasteiger partial charge on any atom is 0.317 e. The van der Waals surface area contributed by atoms with Gasteiger partial charge in [-0.3, -0.25) is 19.4 Å². The number of likely N-dealkylation sites (N-methyl/N-ethyl adjacent to an activating group) is 1. The molecule has 2 fully saturated rings. The van der Waals surface area contributed by atoms with E-state index < -0.39 is 5.97 Å². The molecule has 1 aromatic carbocycles. The zero-order valence-corrected chi connectivity index (χ0v) is 15.5. The smallest absolute Gasteiger partial charge is 0.317 e. The number of aliphatic carboxylic acids is 1. The average Bonchev–Trinajstić information content (AvgIpc) is 2.59. The van der Waals surface area contributed by atoms with E-state index in [4.69, 9.17) is 5.11 Å². The lowest BCUT2D eigenvalue weighted by Crippen LogP contribution is -2.54. The first kappa shape index (κ1) is 18.9. The van der Waals surface area contributed by atoms with E-state index in [1.165, 1.54) is 5.56 Å². The lowest BCUT2D eigenvalue weighted by molar-refractivity contribution is -0.138. The SMILES string of the molecule is CN(CC(=O)O)C1CCN(CC(=O)NC2(c3ccccc3)CCC2)CC1. The Kier molecular flexibility index (Phi) is 5.94. The van der Waals surface area contributed by atoms with Crippen molar-refractivity contribution in [1.82, 2.24) is 15.1 Å². The van der Waals surface area contributed by atoms with Crippen molar-refractivity contribution in [3.05, 3.63) is 35.9 Å². The third kappa shape index (κ3) is 4.43. The molecule has 2 N–H and O–H groups in total. The van der Waals surface area contributed by atoms with Crippen molar-refractivity contribution in [3.8, 4) is 0 Å².